The summed E-state index contributed by atoms with van der Waals surface area (Å²) >= 11 is 6.17. The van der Waals surface area contributed by atoms with Crippen LogP contribution in [0.4, 0.5) is 5.69 Å². The van der Waals surface area contributed by atoms with Crippen molar-refractivity contribution >= 4 is 29.2 Å². The van der Waals surface area contributed by atoms with Gasteiger partial charge >= 0.3 is 11.9 Å². The highest BCUT2D eigenvalue weighted by molar-refractivity contribution is 6.31. The van der Waals surface area contributed by atoms with Crippen LogP contribution in [0.3, 0.4) is 0 Å². The molecule has 9 heteroatoms. The molecule has 0 saturated heterocycles. The number of halogens is 1. The first-order valence-electron chi connectivity index (χ1n) is 7.61. The molecule has 0 amide bonds. The Morgan fingerprint density at radius 3 is 2.65 bits per heavy atom. The van der Waals surface area contributed by atoms with E-state index >= 15 is 0 Å². The third kappa shape index (κ3) is 3.29. The van der Waals surface area contributed by atoms with Crippen molar-refractivity contribution in [3.05, 3.63) is 46.8 Å². The van der Waals surface area contributed by atoms with Gasteiger partial charge in [0.25, 0.3) is 0 Å². The van der Waals surface area contributed by atoms with Crippen LogP contribution in [0.1, 0.15) is 0 Å². The maximum Gasteiger partial charge on any atom is 0.355 e. The van der Waals surface area contributed by atoms with Crippen molar-refractivity contribution in [3.63, 3.8) is 0 Å². The monoisotopic (exact) mass is 377 g/mol. The SMILES string of the molecule is COC(=O)C1=C(C(=O)OC)N(c2cc(Cl)ccc2-c2ccn[nH]2)COC1. The maximum absolute atomic E-state index is 12.4. The topological polar surface area (TPSA) is 93.8 Å². The minimum atomic E-state index is -0.677. The van der Waals surface area contributed by atoms with E-state index in [1.54, 1.807) is 30.5 Å². The Bertz CT molecular complexity index is 863. The van der Waals surface area contributed by atoms with E-state index in [9.17, 15) is 9.59 Å². The van der Waals surface area contributed by atoms with Gasteiger partial charge in [0.1, 0.15) is 12.4 Å². The fourth-order valence-electron chi connectivity index (χ4n) is 2.70. The number of aromatic nitrogens is 2. The molecule has 0 unspecified atom stereocenters. The Morgan fingerprint density at radius 2 is 2.00 bits per heavy atom. The third-order valence-corrected chi connectivity index (χ3v) is 4.11. The molecule has 136 valence electrons. The smallest absolute Gasteiger partial charge is 0.355 e. The Balaban J connectivity index is 2.20. The van der Waals surface area contributed by atoms with Crippen molar-refractivity contribution in [3.8, 4) is 11.3 Å². The Morgan fingerprint density at radius 1 is 1.23 bits per heavy atom. The molecule has 0 fully saturated rings. The molecule has 0 atom stereocenters. The number of benzene rings is 1. The second-order valence-electron chi connectivity index (χ2n) is 5.35. The van der Waals surface area contributed by atoms with Crippen molar-refractivity contribution in [2.24, 2.45) is 0 Å². The van der Waals surface area contributed by atoms with Crippen molar-refractivity contribution in [2.45, 2.75) is 0 Å². The number of carbonyl (C=O) groups excluding carboxylic acids is 2. The summed E-state index contributed by atoms with van der Waals surface area (Å²) in [7, 11) is 2.48. The average Bonchev–Trinajstić information content (AvgIpc) is 3.20. The number of hydrogen-bond acceptors (Lipinski definition) is 7. The second kappa shape index (κ2) is 7.59. The highest BCUT2D eigenvalue weighted by Gasteiger charge is 2.33. The number of nitrogens with one attached hydrogen (secondary N) is 1. The van der Waals surface area contributed by atoms with Gasteiger partial charge in [-0.2, -0.15) is 5.10 Å². The van der Waals surface area contributed by atoms with Gasteiger partial charge in [0.2, 0.25) is 0 Å². The molecule has 1 N–H and O–H groups in total. The first kappa shape index (κ1) is 18.0. The van der Waals surface area contributed by atoms with E-state index in [-0.39, 0.29) is 24.6 Å². The summed E-state index contributed by atoms with van der Waals surface area (Å²) in [5.74, 6) is -1.34. The number of ether oxygens (including phenoxy) is 3. The normalized spacial score (nSPS) is 14.3. The number of hydrogen-bond donors (Lipinski definition) is 1. The summed E-state index contributed by atoms with van der Waals surface area (Å²) in [6.07, 6.45) is 1.61. The fourth-order valence-corrected chi connectivity index (χ4v) is 2.86. The highest BCUT2D eigenvalue weighted by atomic mass is 35.5. The van der Waals surface area contributed by atoms with Gasteiger partial charge in [-0.1, -0.05) is 11.6 Å². The number of H-pyrrole nitrogens is 1. The molecule has 2 aromatic rings. The molecule has 0 spiro atoms. The minimum absolute atomic E-state index is 0.0341. The molecule has 1 aromatic heterocycles. The molecule has 0 aliphatic carbocycles. The van der Waals surface area contributed by atoms with Crippen LogP contribution in [0.5, 0.6) is 0 Å². The summed E-state index contributed by atoms with van der Waals surface area (Å²) < 4.78 is 15.1. The summed E-state index contributed by atoms with van der Waals surface area (Å²) in [5, 5.41) is 7.28. The first-order chi connectivity index (χ1) is 12.6. The summed E-state index contributed by atoms with van der Waals surface area (Å²) in [6.45, 7) is -0.0278. The molecule has 3 rings (SSSR count). The number of anilines is 1. The zero-order valence-electron chi connectivity index (χ0n) is 14.1. The van der Waals surface area contributed by atoms with Crippen LogP contribution in [0, 0.1) is 0 Å². The number of carbonyl (C=O) groups is 2. The van der Waals surface area contributed by atoms with Crippen LogP contribution < -0.4 is 4.90 Å². The predicted octanol–water partition coefficient (Wildman–Crippen LogP) is 2.12. The molecule has 1 aliphatic rings. The Labute approximate surface area is 154 Å². The predicted molar refractivity (Wildman–Crippen MR) is 93.4 cm³/mol. The number of rotatable bonds is 4. The standard InChI is InChI=1S/C17H16ClN3O5/c1-24-16(22)12-8-26-9-21(15(12)17(23)25-2)14-7-10(18)3-4-11(14)13-5-6-19-20-13/h3-7H,8-9H2,1-2H3,(H,19,20). The molecule has 0 saturated carbocycles. The lowest BCUT2D eigenvalue weighted by molar-refractivity contribution is -0.140. The van der Waals surface area contributed by atoms with Gasteiger partial charge < -0.3 is 19.1 Å². The molecule has 26 heavy (non-hydrogen) atoms. The van der Waals surface area contributed by atoms with Crippen molar-refractivity contribution in [1.82, 2.24) is 10.2 Å². The molecular weight excluding hydrogens is 362 g/mol. The van der Waals surface area contributed by atoms with E-state index in [1.807, 2.05) is 0 Å². The van der Waals surface area contributed by atoms with Crippen LogP contribution >= 0.6 is 11.6 Å². The van der Waals surface area contributed by atoms with Crippen LogP contribution in [0.15, 0.2) is 41.7 Å². The fraction of sp³-hybridized carbons (Fsp3) is 0.235. The largest absolute Gasteiger partial charge is 0.466 e. The number of esters is 2. The lowest BCUT2D eigenvalue weighted by atomic mass is 10.1. The summed E-state index contributed by atoms with van der Waals surface area (Å²) in [4.78, 5) is 26.1. The van der Waals surface area contributed by atoms with E-state index in [1.165, 1.54) is 19.1 Å². The van der Waals surface area contributed by atoms with Gasteiger partial charge in [0.15, 0.2) is 0 Å². The average molecular weight is 378 g/mol. The van der Waals surface area contributed by atoms with Gasteiger partial charge in [-0.15, -0.1) is 0 Å². The van der Waals surface area contributed by atoms with Gasteiger partial charge in [0, 0.05) is 16.8 Å². The van der Waals surface area contributed by atoms with Gasteiger partial charge in [-0.3, -0.25) is 5.10 Å². The van der Waals surface area contributed by atoms with E-state index in [4.69, 9.17) is 25.8 Å². The molecule has 0 bridgehead atoms. The van der Waals surface area contributed by atoms with Gasteiger partial charge in [0.05, 0.1) is 37.8 Å². The van der Waals surface area contributed by atoms with Crippen LogP contribution in [-0.2, 0) is 23.8 Å². The Kier molecular flexibility index (Phi) is 5.24. The summed E-state index contributed by atoms with van der Waals surface area (Å²) in [6, 6.07) is 6.95. The van der Waals surface area contributed by atoms with Crippen LogP contribution in [0.2, 0.25) is 5.02 Å². The molecular formula is C17H16ClN3O5. The lowest BCUT2D eigenvalue weighted by Gasteiger charge is -2.32. The molecule has 8 nitrogen and oxygen atoms in total. The zero-order valence-corrected chi connectivity index (χ0v) is 14.9. The zero-order chi connectivity index (χ0) is 18.7. The van der Waals surface area contributed by atoms with Gasteiger partial charge in [-0.25, -0.2) is 9.59 Å². The second-order valence-corrected chi connectivity index (χ2v) is 5.78. The molecule has 1 aromatic carbocycles. The summed E-state index contributed by atoms with van der Waals surface area (Å²) in [5.41, 5.74) is 2.12. The maximum atomic E-state index is 12.4. The van der Waals surface area contributed by atoms with E-state index in [0.717, 1.165) is 5.56 Å². The van der Waals surface area contributed by atoms with Crippen molar-refractivity contribution in [1.29, 1.82) is 0 Å². The molecule has 0 radical (unpaired) electrons. The van der Waals surface area contributed by atoms with Gasteiger partial charge in [-0.05, 0) is 24.3 Å². The number of methoxy groups -OCH3 is 2. The first-order valence-corrected chi connectivity index (χ1v) is 7.99. The van der Waals surface area contributed by atoms with E-state index < -0.39 is 11.9 Å². The lowest BCUT2D eigenvalue weighted by Crippen LogP contribution is -2.39. The third-order valence-electron chi connectivity index (χ3n) is 3.87. The van der Waals surface area contributed by atoms with Crippen molar-refractivity contribution < 1.29 is 23.8 Å². The van der Waals surface area contributed by atoms with E-state index in [2.05, 4.69) is 10.2 Å². The van der Waals surface area contributed by atoms with Crippen LogP contribution in [0.25, 0.3) is 11.3 Å². The number of nitrogens with zero attached hydrogens (tertiary/aromatic N) is 2. The Hall–Kier alpha value is -2.84. The number of aromatic amines is 1. The quantitative estimate of drug-likeness (QED) is 0.815. The minimum Gasteiger partial charge on any atom is -0.466 e. The highest BCUT2D eigenvalue weighted by Crippen LogP contribution is 2.36. The molecule has 2 heterocycles. The van der Waals surface area contributed by atoms with Crippen molar-refractivity contribution in [2.75, 3.05) is 32.5 Å². The molecule has 1 aliphatic heterocycles. The van der Waals surface area contributed by atoms with E-state index in [0.29, 0.717) is 16.4 Å². The van der Waals surface area contributed by atoms with Crippen LogP contribution in [-0.4, -0.2) is 49.7 Å².